The Bertz CT molecular complexity index is 271. The van der Waals surface area contributed by atoms with Crippen LogP contribution in [0, 0.1) is 5.82 Å². The molecule has 0 spiro atoms. The van der Waals surface area contributed by atoms with Crippen LogP contribution >= 0.6 is 9.24 Å². The minimum atomic E-state index is -1.31. The first-order valence-corrected chi connectivity index (χ1v) is 4.50. The third-order valence-corrected chi connectivity index (χ3v) is 2.15. The molecule has 0 fully saturated rings. The number of alkyl halides is 1. The van der Waals surface area contributed by atoms with Gasteiger partial charge in [-0.25, -0.2) is 8.78 Å². The molecule has 0 saturated heterocycles. The fourth-order valence-corrected chi connectivity index (χ4v) is 1.34. The van der Waals surface area contributed by atoms with Gasteiger partial charge < -0.3 is 0 Å². The number of benzene rings is 1. The summed E-state index contributed by atoms with van der Waals surface area (Å²) in [6.45, 7) is 1.85. The predicted octanol–water partition coefficient (Wildman–Crippen LogP) is 3.23. The van der Waals surface area contributed by atoms with Crippen LogP contribution in [0.3, 0.4) is 0 Å². The van der Waals surface area contributed by atoms with Gasteiger partial charge in [0.05, 0.1) is 0 Å². The van der Waals surface area contributed by atoms with Gasteiger partial charge in [0.2, 0.25) is 0 Å². The molecule has 0 aliphatic carbocycles. The van der Waals surface area contributed by atoms with Gasteiger partial charge >= 0.3 is 0 Å². The van der Waals surface area contributed by atoms with Gasteiger partial charge in [-0.05, 0) is 12.0 Å². The van der Waals surface area contributed by atoms with Gasteiger partial charge in [0, 0.05) is 5.56 Å². The van der Waals surface area contributed by atoms with E-state index in [9.17, 15) is 8.78 Å². The van der Waals surface area contributed by atoms with Crippen molar-refractivity contribution in [3.63, 3.8) is 0 Å². The Balaban J connectivity index is 3.14. The summed E-state index contributed by atoms with van der Waals surface area (Å²) in [5, 5.41) is 0. The Kier molecular flexibility index (Phi) is 3.16. The van der Waals surface area contributed by atoms with Crippen LogP contribution in [0.2, 0.25) is 0 Å². The highest BCUT2D eigenvalue weighted by atomic mass is 31.0. The molecule has 1 aromatic rings. The molecule has 2 atom stereocenters. The summed E-state index contributed by atoms with van der Waals surface area (Å²) in [5.74, 6) is -1.72. The smallest absolute Gasteiger partial charge is 0.141 e. The van der Waals surface area contributed by atoms with Crippen LogP contribution < -0.4 is 0 Å². The molecule has 2 unspecified atom stereocenters. The average molecular weight is 188 g/mol. The lowest BCUT2D eigenvalue weighted by atomic mass is 10.1. The van der Waals surface area contributed by atoms with Crippen molar-refractivity contribution in [1.29, 1.82) is 0 Å². The maximum absolute atomic E-state index is 13.3. The van der Waals surface area contributed by atoms with Gasteiger partial charge in [-0.15, -0.1) is 0 Å². The van der Waals surface area contributed by atoms with Crippen LogP contribution in [0.1, 0.15) is 24.0 Å². The van der Waals surface area contributed by atoms with E-state index in [0.717, 1.165) is 0 Å². The normalized spacial score (nSPS) is 13.0. The lowest BCUT2D eigenvalue weighted by Gasteiger charge is -2.06. The van der Waals surface area contributed by atoms with Crippen LogP contribution in [0.25, 0.3) is 0 Å². The molecule has 0 saturated carbocycles. The first-order chi connectivity index (χ1) is 5.66. The van der Waals surface area contributed by atoms with Crippen LogP contribution in [-0.4, -0.2) is 0 Å². The second-order valence-electron chi connectivity index (χ2n) is 2.58. The molecule has 0 bridgehead atoms. The van der Waals surface area contributed by atoms with Crippen molar-refractivity contribution in [1.82, 2.24) is 0 Å². The Morgan fingerprint density at radius 1 is 1.50 bits per heavy atom. The Hall–Kier alpha value is -0.490. The van der Waals surface area contributed by atoms with E-state index in [1.165, 1.54) is 6.07 Å². The Morgan fingerprint density at radius 2 is 2.17 bits per heavy atom. The van der Waals surface area contributed by atoms with Crippen molar-refractivity contribution in [2.45, 2.75) is 19.3 Å². The van der Waals surface area contributed by atoms with Crippen LogP contribution in [0.4, 0.5) is 8.78 Å². The highest BCUT2D eigenvalue weighted by Gasteiger charge is 2.11. The zero-order valence-corrected chi connectivity index (χ0v) is 8.00. The largest absolute Gasteiger partial charge is 0.238 e. The number of hydrogen-bond acceptors (Lipinski definition) is 0. The lowest BCUT2D eigenvalue weighted by Crippen LogP contribution is -1.94. The molecule has 0 radical (unpaired) electrons. The molecule has 1 rings (SSSR count). The molecular weight excluding hydrogens is 177 g/mol. The molecule has 1 aromatic carbocycles. The molecule has 0 aliphatic rings. The maximum atomic E-state index is 13.3. The second kappa shape index (κ2) is 3.95. The van der Waals surface area contributed by atoms with Crippen LogP contribution in [0.15, 0.2) is 18.2 Å². The third-order valence-electron chi connectivity index (χ3n) is 1.79. The fraction of sp³-hybridized carbons (Fsp3) is 0.333. The molecule has 0 aliphatic heterocycles. The van der Waals surface area contributed by atoms with Gasteiger partial charge in [-0.2, -0.15) is 0 Å². The summed E-state index contributed by atoms with van der Waals surface area (Å²) in [6.07, 6.45) is 0.594. The molecule has 12 heavy (non-hydrogen) atoms. The molecule has 66 valence electrons. The predicted molar refractivity (Wildman–Crippen MR) is 49.3 cm³/mol. The van der Waals surface area contributed by atoms with Crippen molar-refractivity contribution in [2.24, 2.45) is 0 Å². The van der Waals surface area contributed by atoms with Gasteiger partial charge in [-0.1, -0.05) is 34.4 Å². The summed E-state index contributed by atoms with van der Waals surface area (Å²) in [6, 6.07) is 4.81. The first kappa shape index (κ1) is 9.60. The van der Waals surface area contributed by atoms with Crippen LogP contribution in [0.5, 0.6) is 0 Å². The molecule has 0 amide bonds. The molecule has 0 heterocycles. The summed E-state index contributed by atoms with van der Waals surface area (Å²) in [4.78, 5) is 0. The Morgan fingerprint density at radius 3 is 2.67 bits per heavy atom. The average Bonchev–Trinajstić information content (AvgIpc) is 2.04. The van der Waals surface area contributed by atoms with Gasteiger partial charge in [-0.3, -0.25) is 0 Å². The summed E-state index contributed by atoms with van der Waals surface area (Å²) in [7, 11) is 1.94. The molecule has 0 nitrogen and oxygen atoms in total. The SMILES string of the molecule is CCc1cccc(C(F)P)c1F. The van der Waals surface area contributed by atoms with E-state index in [1.807, 2.05) is 16.2 Å². The number of aryl methyl sites for hydroxylation is 1. The zero-order chi connectivity index (χ0) is 9.14. The van der Waals surface area contributed by atoms with Gasteiger partial charge in [0.1, 0.15) is 11.7 Å². The van der Waals surface area contributed by atoms with Crippen molar-refractivity contribution < 1.29 is 8.78 Å². The van der Waals surface area contributed by atoms with Crippen molar-refractivity contribution in [3.05, 3.63) is 35.1 Å². The highest BCUT2D eigenvalue weighted by molar-refractivity contribution is 7.16. The van der Waals surface area contributed by atoms with E-state index in [0.29, 0.717) is 12.0 Å². The third kappa shape index (κ3) is 1.81. The van der Waals surface area contributed by atoms with E-state index in [-0.39, 0.29) is 5.56 Å². The topological polar surface area (TPSA) is 0 Å². The van der Waals surface area contributed by atoms with E-state index in [2.05, 4.69) is 0 Å². The first-order valence-electron chi connectivity index (χ1n) is 3.83. The summed E-state index contributed by atoms with van der Waals surface area (Å²) >= 11 is 0. The summed E-state index contributed by atoms with van der Waals surface area (Å²) in [5.41, 5.74) is 0.692. The minimum Gasteiger partial charge on any atom is -0.238 e. The van der Waals surface area contributed by atoms with Crippen molar-refractivity contribution >= 4 is 9.24 Å². The molecule has 0 N–H and O–H groups in total. The highest BCUT2D eigenvalue weighted by Crippen LogP contribution is 2.28. The van der Waals surface area contributed by atoms with Crippen LogP contribution in [-0.2, 0) is 6.42 Å². The van der Waals surface area contributed by atoms with E-state index < -0.39 is 11.7 Å². The maximum Gasteiger partial charge on any atom is 0.141 e. The number of halogens is 2. The van der Waals surface area contributed by atoms with Crippen molar-refractivity contribution in [3.8, 4) is 0 Å². The standard InChI is InChI=1S/C9H11F2P/c1-2-6-4-3-5-7(8(6)10)9(11)12/h3-5,9H,2,12H2,1H3. The number of rotatable bonds is 2. The second-order valence-corrected chi connectivity index (χ2v) is 3.16. The van der Waals surface area contributed by atoms with E-state index >= 15 is 0 Å². The molecule has 0 aromatic heterocycles. The number of hydrogen-bond donors (Lipinski definition) is 0. The summed E-state index contributed by atoms with van der Waals surface area (Å²) < 4.78 is 26.0. The molecule has 3 heteroatoms. The minimum absolute atomic E-state index is 0.124. The van der Waals surface area contributed by atoms with Gasteiger partial charge in [0.25, 0.3) is 0 Å². The lowest BCUT2D eigenvalue weighted by molar-refractivity contribution is 0.447. The monoisotopic (exact) mass is 188 g/mol. The fourth-order valence-electron chi connectivity index (χ4n) is 1.09. The van der Waals surface area contributed by atoms with Crippen molar-refractivity contribution in [2.75, 3.05) is 0 Å². The zero-order valence-electron chi connectivity index (χ0n) is 6.85. The van der Waals surface area contributed by atoms with Gasteiger partial charge in [0.15, 0.2) is 0 Å². The van der Waals surface area contributed by atoms with E-state index in [1.54, 1.807) is 12.1 Å². The Labute approximate surface area is 73.2 Å². The quantitative estimate of drug-likeness (QED) is 0.625. The van der Waals surface area contributed by atoms with E-state index in [4.69, 9.17) is 0 Å². The molecular formula is C9H11F2P.